The SMILES string of the molecule is CC/C(=N/NC(=O)COc1cc(C)cc(C)c1)c1cccs1. The predicted molar refractivity (Wildman–Crippen MR) is 90.7 cm³/mol. The van der Waals surface area contributed by atoms with Crippen LogP contribution in [0, 0.1) is 13.8 Å². The van der Waals surface area contributed by atoms with E-state index in [0.717, 1.165) is 28.1 Å². The number of carbonyl (C=O) groups excluding carboxylic acids is 1. The molecule has 0 spiro atoms. The number of nitrogens with zero attached hydrogens (tertiary/aromatic N) is 1. The van der Waals surface area contributed by atoms with E-state index >= 15 is 0 Å². The molecule has 0 bridgehead atoms. The fraction of sp³-hybridized carbons (Fsp3) is 0.294. The van der Waals surface area contributed by atoms with Gasteiger partial charge in [-0.05, 0) is 55.0 Å². The van der Waals surface area contributed by atoms with Crippen LogP contribution in [0.25, 0.3) is 0 Å². The summed E-state index contributed by atoms with van der Waals surface area (Å²) in [5.74, 6) is 0.437. The number of aryl methyl sites for hydroxylation is 2. The minimum Gasteiger partial charge on any atom is -0.484 e. The van der Waals surface area contributed by atoms with Crippen LogP contribution in [0.1, 0.15) is 29.3 Å². The maximum atomic E-state index is 11.8. The number of hydrazone groups is 1. The summed E-state index contributed by atoms with van der Waals surface area (Å²) in [6.45, 7) is 5.96. The van der Waals surface area contributed by atoms with Gasteiger partial charge >= 0.3 is 0 Å². The van der Waals surface area contributed by atoms with Gasteiger partial charge in [-0.2, -0.15) is 5.10 Å². The summed E-state index contributed by atoms with van der Waals surface area (Å²) in [6, 6.07) is 9.84. The fourth-order valence-corrected chi connectivity index (χ4v) is 2.87. The molecule has 1 aromatic heterocycles. The van der Waals surface area contributed by atoms with Crippen LogP contribution in [0.2, 0.25) is 0 Å². The van der Waals surface area contributed by atoms with Crippen LogP contribution in [0.5, 0.6) is 5.75 Å². The molecular formula is C17H20N2O2S. The Morgan fingerprint density at radius 3 is 2.59 bits per heavy atom. The highest BCUT2D eigenvalue weighted by Gasteiger charge is 2.06. The van der Waals surface area contributed by atoms with Crippen LogP contribution >= 0.6 is 11.3 Å². The molecule has 0 aliphatic carbocycles. The molecule has 116 valence electrons. The van der Waals surface area contributed by atoms with Crippen LogP contribution < -0.4 is 10.2 Å². The number of carbonyl (C=O) groups is 1. The van der Waals surface area contributed by atoms with E-state index in [-0.39, 0.29) is 12.5 Å². The lowest BCUT2D eigenvalue weighted by molar-refractivity contribution is -0.123. The van der Waals surface area contributed by atoms with Crippen molar-refractivity contribution in [1.82, 2.24) is 5.43 Å². The van der Waals surface area contributed by atoms with Crippen molar-refractivity contribution in [3.63, 3.8) is 0 Å². The van der Waals surface area contributed by atoms with E-state index in [9.17, 15) is 4.79 Å². The zero-order valence-corrected chi connectivity index (χ0v) is 13.9. The minimum absolute atomic E-state index is 0.0478. The van der Waals surface area contributed by atoms with Gasteiger partial charge in [-0.25, -0.2) is 5.43 Å². The summed E-state index contributed by atoms with van der Waals surface area (Å²) in [7, 11) is 0. The van der Waals surface area contributed by atoms with Crippen LogP contribution in [-0.2, 0) is 4.79 Å². The van der Waals surface area contributed by atoms with Gasteiger partial charge in [0.2, 0.25) is 0 Å². The van der Waals surface area contributed by atoms with Gasteiger partial charge in [0.25, 0.3) is 5.91 Å². The number of hydrogen-bond donors (Lipinski definition) is 1. The van der Waals surface area contributed by atoms with Crippen LogP contribution in [0.15, 0.2) is 40.8 Å². The summed E-state index contributed by atoms with van der Waals surface area (Å²) in [6.07, 6.45) is 0.763. The third kappa shape index (κ3) is 4.70. The molecule has 4 nitrogen and oxygen atoms in total. The Kier molecular flexibility index (Phi) is 5.72. The lowest BCUT2D eigenvalue weighted by Gasteiger charge is -2.08. The molecule has 0 aliphatic rings. The van der Waals surface area contributed by atoms with E-state index in [0.29, 0.717) is 5.75 Å². The average molecular weight is 316 g/mol. The topological polar surface area (TPSA) is 50.7 Å². The highest BCUT2D eigenvalue weighted by atomic mass is 32.1. The number of amides is 1. The molecule has 0 saturated heterocycles. The number of thiophene rings is 1. The molecule has 1 amide bonds. The van der Waals surface area contributed by atoms with Crippen LogP contribution in [0.4, 0.5) is 0 Å². The average Bonchev–Trinajstić information content (AvgIpc) is 2.99. The van der Waals surface area contributed by atoms with Gasteiger partial charge in [0.1, 0.15) is 5.75 Å². The molecule has 1 aromatic carbocycles. The largest absolute Gasteiger partial charge is 0.484 e. The van der Waals surface area contributed by atoms with Gasteiger partial charge in [0, 0.05) is 0 Å². The summed E-state index contributed by atoms with van der Waals surface area (Å²) >= 11 is 1.61. The van der Waals surface area contributed by atoms with Crippen molar-refractivity contribution in [2.24, 2.45) is 5.10 Å². The van der Waals surface area contributed by atoms with Gasteiger partial charge < -0.3 is 4.74 Å². The van der Waals surface area contributed by atoms with Crippen molar-refractivity contribution in [2.75, 3.05) is 6.61 Å². The molecule has 0 unspecified atom stereocenters. The lowest BCUT2D eigenvalue weighted by Crippen LogP contribution is -2.25. The zero-order valence-electron chi connectivity index (χ0n) is 13.1. The van der Waals surface area contributed by atoms with E-state index in [1.807, 2.05) is 50.4 Å². The molecule has 5 heteroatoms. The summed E-state index contributed by atoms with van der Waals surface area (Å²) < 4.78 is 5.51. The molecule has 2 aromatic rings. The van der Waals surface area contributed by atoms with Crippen molar-refractivity contribution in [2.45, 2.75) is 27.2 Å². The molecule has 1 N–H and O–H groups in total. The number of benzene rings is 1. The molecule has 2 rings (SSSR count). The predicted octanol–water partition coefficient (Wildman–Crippen LogP) is 3.67. The third-order valence-corrected chi connectivity index (χ3v) is 3.94. The van der Waals surface area contributed by atoms with Crippen molar-refractivity contribution in [3.8, 4) is 5.75 Å². The molecule has 22 heavy (non-hydrogen) atoms. The highest BCUT2D eigenvalue weighted by Crippen LogP contribution is 2.16. The summed E-state index contributed by atoms with van der Waals surface area (Å²) in [4.78, 5) is 12.9. The Bertz CT molecular complexity index is 643. The molecular weight excluding hydrogens is 296 g/mol. The van der Waals surface area contributed by atoms with Gasteiger partial charge in [0.15, 0.2) is 6.61 Å². The van der Waals surface area contributed by atoms with Crippen molar-refractivity contribution in [3.05, 3.63) is 51.7 Å². The molecule has 0 fully saturated rings. The van der Waals surface area contributed by atoms with Gasteiger partial charge in [-0.15, -0.1) is 11.3 Å². The Morgan fingerprint density at radius 1 is 1.27 bits per heavy atom. The van der Waals surface area contributed by atoms with E-state index in [2.05, 4.69) is 16.6 Å². The second kappa shape index (κ2) is 7.75. The Labute approximate surface area is 134 Å². The van der Waals surface area contributed by atoms with Crippen LogP contribution in [-0.4, -0.2) is 18.2 Å². The molecule has 0 aliphatic heterocycles. The Hall–Kier alpha value is -2.14. The minimum atomic E-state index is -0.262. The fourth-order valence-electron chi connectivity index (χ4n) is 2.08. The molecule has 0 atom stereocenters. The first-order chi connectivity index (χ1) is 10.6. The zero-order chi connectivity index (χ0) is 15.9. The second-order valence-electron chi connectivity index (χ2n) is 5.04. The standard InChI is InChI=1S/C17H20N2O2S/c1-4-15(16-6-5-7-22-16)18-19-17(20)11-21-14-9-12(2)8-13(3)10-14/h5-10H,4,11H2,1-3H3,(H,19,20)/b18-15-. The van der Waals surface area contributed by atoms with Crippen molar-refractivity contribution < 1.29 is 9.53 Å². The number of rotatable bonds is 6. The maximum Gasteiger partial charge on any atom is 0.277 e. The number of hydrogen-bond acceptors (Lipinski definition) is 4. The van der Waals surface area contributed by atoms with E-state index in [1.165, 1.54) is 0 Å². The number of ether oxygens (including phenoxy) is 1. The van der Waals surface area contributed by atoms with E-state index in [4.69, 9.17) is 4.74 Å². The number of nitrogens with one attached hydrogen (secondary N) is 1. The normalized spacial score (nSPS) is 11.3. The monoisotopic (exact) mass is 316 g/mol. The highest BCUT2D eigenvalue weighted by molar-refractivity contribution is 7.12. The van der Waals surface area contributed by atoms with Gasteiger partial charge in [-0.3, -0.25) is 4.79 Å². The lowest BCUT2D eigenvalue weighted by atomic mass is 10.1. The van der Waals surface area contributed by atoms with Gasteiger partial charge in [-0.1, -0.05) is 19.1 Å². The Balaban J connectivity index is 1.90. The first-order valence-corrected chi connectivity index (χ1v) is 8.07. The maximum absolute atomic E-state index is 11.8. The quantitative estimate of drug-likeness (QED) is 0.653. The Morgan fingerprint density at radius 2 is 2.00 bits per heavy atom. The van der Waals surface area contributed by atoms with E-state index in [1.54, 1.807) is 11.3 Å². The first-order valence-electron chi connectivity index (χ1n) is 7.19. The first kappa shape index (κ1) is 16.2. The smallest absolute Gasteiger partial charge is 0.277 e. The van der Waals surface area contributed by atoms with Crippen LogP contribution in [0.3, 0.4) is 0 Å². The van der Waals surface area contributed by atoms with Crippen molar-refractivity contribution in [1.29, 1.82) is 0 Å². The summed E-state index contributed by atoms with van der Waals surface area (Å²) in [5.41, 5.74) is 5.64. The van der Waals surface area contributed by atoms with Crippen molar-refractivity contribution >= 4 is 23.0 Å². The summed E-state index contributed by atoms with van der Waals surface area (Å²) in [5, 5.41) is 6.17. The second-order valence-corrected chi connectivity index (χ2v) is 5.98. The van der Waals surface area contributed by atoms with Gasteiger partial charge in [0.05, 0.1) is 10.6 Å². The third-order valence-electron chi connectivity index (χ3n) is 3.02. The van der Waals surface area contributed by atoms with E-state index < -0.39 is 0 Å². The molecule has 0 saturated carbocycles. The molecule has 0 radical (unpaired) electrons. The molecule has 1 heterocycles.